The summed E-state index contributed by atoms with van der Waals surface area (Å²) < 4.78 is 5.51. The molecule has 94 valence electrons. The average Bonchev–Trinajstić information content (AvgIpc) is 2.76. The zero-order valence-corrected chi connectivity index (χ0v) is 11.2. The highest BCUT2D eigenvalue weighted by Crippen LogP contribution is 2.25. The Balaban J connectivity index is 1.88. The summed E-state index contributed by atoms with van der Waals surface area (Å²) in [6, 6.07) is 6.59. The third-order valence-electron chi connectivity index (χ3n) is 3.65. The lowest BCUT2D eigenvalue weighted by atomic mass is 10.0. The highest BCUT2D eigenvalue weighted by atomic mass is 16.5. The van der Waals surface area contributed by atoms with Crippen LogP contribution in [0.15, 0.2) is 18.2 Å². The number of ether oxygens (including phenoxy) is 1. The zero-order valence-electron chi connectivity index (χ0n) is 11.2. The fourth-order valence-corrected chi connectivity index (χ4v) is 2.07. The molecule has 17 heavy (non-hydrogen) atoms. The second kappa shape index (κ2) is 5.09. The topological polar surface area (TPSA) is 21.3 Å². The van der Waals surface area contributed by atoms with E-state index in [0.717, 1.165) is 38.2 Å². The molecular formula is C15H23NO. The molecule has 0 unspecified atom stereocenters. The summed E-state index contributed by atoms with van der Waals surface area (Å²) in [7, 11) is 0. The van der Waals surface area contributed by atoms with E-state index in [1.54, 1.807) is 0 Å². The van der Waals surface area contributed by atoms with Gasteiger partial charge in [0.25, 0.3) is 0 Å². The molecule has 0 saturated carbocycles. The number of hydrogen-bond acceptors (Lipinski definition) is 2. The molecule has 0 aliphatic carbocycles. The Morgan fingerprint density at radius 2 is 2.18 bits per heavy atom. The molecule has 2 rings (SSSR count). The van der Waals surface area contributed by atoms with Crippen LogP contribution < -0.4 is 10.1 Å². The van der Waals surface area contributed by atoms with Crippen LogP contribution in [0, 0.1) is 0 Å². The van der Waals surface area contributed by atoms with E-state index < -0.39 is 0 Å². The molecule has 0 amide bonds. The summed E-state index contributed by atoms with van der Waals surface area (Å²) in [4.78, 5) is 0. The van der Waals surface area contributed by atoms with Gasteiger partial charge < -0.3 is 10.1 Å². The molecule has 1 N–H and O–H groups in total. The van der Waals surface area contributed by atoms with Crippen molar-refractivity contribution in [2.45, 2.75) is 45.6 Å². The van der Waals surface area contributed by atoms with Gasteiger partial charge in [-0.05, 0) is 50.4 Å². The monoisotopic (exact) mass is 233 g/mol. The lowest BCUT2D eigenvalue weighted by Crippen LogP contribution is -2.39. The first-order valence-electron chi connectivity index (χ1n) is 6.60. The van der Waals surface area contributed by atoms with Crippen LogP contribution in [0.5, 0.6) is 5.75 Å². The van der Waals surface area contributed by atoms with Crippen molar-refractivity contribution in [3.8, 4) is 5.75 Å². The summed E-state index contributed by atoms with van der Waals surface area (Å²) in [5.41, 5.74) is 3.03. The molecular weight excluding hydrogens is 210 g/mol. The van der Waals surface area contributed by atoms with E-state index in [2.05, 4.69) is 44.3 Å². The quantitative estimate of drug-likeness (QED) is 0.844. The minimum atomic E-state index is 0.250. The third-order valence-corrected chi connectivity index (χ3v) is 3.65. The highest BCUT2D eigenvalue weighted by molar-refractivity contribution is 5.39. The van der Waals surface area contributed by atoms with Crippen LogP contribution in [0.4, 0.5) is 0 Å². The highest BCUT2D eigenvalue weighted by Gasteiger charge is 2.14. The number of fused-ring (bicyclic) bond motifs is 1. The molecule has 0 spiro atoms. The number of rotatable bonds is 5. The van der Waals surface area contributed by atoms with Gasteiger partial charge in [0.05, 0.1) is 6.61 Å². The molecule has 0 saturated heterocycles. The molecule has 2 heteroatoms. The Bertz CT molecular complexity index is 385. The van der Waals surface area contributed by atoms with Gasteiger partial charge in [-0.15, -0.1) is 0 Å². The van der Waals surface area contributed by atoms with Gasteiger partial charge >= 0.3 is 0 Å². The van der Waals surface area contributed by atoms with Gasteiger partial charge in [0.1, 0.15) is 5.75 Å². The first-order chi connectivity index (χ1) is 8.11. The fraction of sp³-hybridized carbons (Fsp3) is 0.600. The Morgan fingerprint density at radius 3 is 2.94 bits per heavy atom. The number of hydrogen-bond donors (Lipinski definition) is 1. The van der Waals surface area contributed by atoms with Gasteiger partial charge in [-0.1, -0.05) is 19.1 Å². The molecule has 0 bridgehead atoms. The lowest BCUT2D eigenvalue weighted by molar-refractivity contribution is 0.356. The van der Waals surface area contributed by atoms with E-state index in [0.29, 0.717) is 0 Å². The second-order valence-corrected chi connectivity index (χ2v) is 5.45. The van der Waals surface area contributed by atoms with Crippen molar-refractivity contribution < 1.29 is 4.74 Å². The predicted octanol–water partition coefficient (Wildman–Crippen LogP) is 2.94. The van der Waals surface area contributed by atoms with Crippen molar-refractivity contribution in [2.75, 3.05) is 13.2 Å². The van der Waals surface area contributed by atoms with Gasteiger partial charge in [-0.3, -0.25) is 0 Å². The molecule has 2 nitrogen and oxygen atoms in total. The second-order valence-electron chi connectivity index (χ2n) is 5.45. The van der Waals surface area contributed by atoms with Crippen molar-refractivity contribution in [3.05, 3.63) is 29.3 Å². The minimum Gasteiger partial charge on any atom is -0.493 e. The van der Waals surface area contributed by atoms with Gasteiger partial charge in [-0.2, -0.15) is 0 Å². The molecule has 1 aliphatic rings. The third kappa shape index (κ3) is 3.22. The summed E-state index contributed by atoms with van der Waals surface area (Å²) in [5.74, 6) is 1.08. The van der Waals surface area contributed by atoms with Crippen LogP contribution in [0.3, 0.4) is 0 Å². The summed E-state index contributed by atoms with van der Waals surface area (Å²) in [6.07, 6.45) is 3.32. The molecule has 0 aromatic heterocycles. The van der Waals surface area contributed by atoms with E-state index in [1.807, 2.05) is 0 Å². The van der Waals surface area contributed by atoms with E-state index >= 15 is 0 Å². The van der Waals surface area contributed by atoms with Crippen LogP contribution >= 0.6 is 0 Å². The Kier molecular flexibility index (Phi) is 3.72. The van der Waals surface area contributed by atoms with Crippen LogP contribution in [-0.2, 0) is 12.8 Å². The normalized spacial score (nSPS) is 14.5. The molecule has 0 fully saturated rings. The molecule has 1 aromatic rings. The van der Waals surface area contributed by atoms with Crippen molar-refractivity contribution in [1.82, 2.24) is 5.32 Å². The first kappa shape index (κ1) is 12.4. The van der Waals surface area contributed by atoms with Gasteiger partial charge in [0.15, 0.2) is 0 Å². The largest absolute Gasteiger partial charge is 0.493 e. The first-order valence-corrected chi connectivity index (χ1v) is 6.60. The van der Waals surface area contributed by atoms with Crippen LogP contribution in [0.1, 0.15) is 38.3 Å². The number of benzene rings is 1. The standard InChI is InChI=1S/C15H23NO/c1-4-15(2,3)16-9-7-12-5-6-14-13(11-12)8-10-17-14/h5-6,11,16H,4,7-10H2,1-3H3. The SMILES string of the molecule is CCC(C)(C)NCCc1ccc2c(c1)CCO2. The Morgan fingerprint density at radius 1 is 1.35 bits per heavy atom. The van der Waals surface area contributed by atoms with Crippen LogP contribution in [-0.4, -0.2) is 18.7 Å². The molecule has 0 atom stereocenters. The van der Waals surface area contributed by atoms with Crippen molar-refractivity contribution in [3.63, 3.8) is 0 Å². The Labute approximate surface area is 104 Å². The van der Waals surface area contributed by atoms with Gasteiger partial charge in [0.2, 0.25) is 0 Å². The summed E-state index contributed by atoms with van der Waals surface area (Å²) in [6.45, 7) is 8.62. The molecule has 1 aliphatic heterocycles. The lowest BCUT2D eigenvalue weighted by Gasteiger charge is -2.24. The smallest absolute Gasteiger partial charge is 0.122 e. The molecule has 1 heterocycles. The van der Waals surface area contributed by atoms with E-state index in [-0.39, 0.29) is 5.54 Å². The van der Waals surface area contributed by atoms with E-state index in [1.165, 1.54) is 11.1 Å². The maximum Gasteiger partial charge on any atom is 0.122 e. The zero-order chi connectivity index (χ0) is 12.3. The maximum atomic E-state index is 5.51. The minimum absolute atomic E-state index is 0.250. The van der Waals surface area contributed by atoms with Crippen LogP contribution in [0.2, 0.25) is 0 Å². The van der Waals surface area contributed by atoms with E-state index in [4.69, 9.17) is 4.74 Å². The average molecular weight is 233 g/mol. The number of nitrogens with one attached hydrogen (secondary N) is 1. The van der Waals surface area contributed by atoms with Crippen molar-refractivity contribution in [2.24, 2.45) is 0 Å². The Hall–Kier alpha value is -1.02. The van der Waals surface area contributed by atoms with Gasteiger partial charge in [0, 0.05) is 12.0 Å². The van der Waals surface area contributed by atoms with Gasteiger partial charge in [-0.25, -0.2) is 0 Å². The van der Waals surface area contributed by atoms with Crippen molar-refractivity contribution >= 4 is 0 Å². The predicted molar refractivity (Wildman–Crippen MR) is 71.7 cm³/mol. The van der Waals surface area contributed by atoms with Crippen molar-refractivity contribution in [1.29, 1.82) is 0 Å². The molecule has 1 aromatic carbocycles. The fourth-order valence-electron chi connectivity index (χ4n) is 2.07. The summed E-state index contributed by atoms with van der Waals surface area (Å²) >= 11 is 0. The van der Waals surface area contributed by atoms with E-state index in [9.17, 15) is 0 Å². The van der Waals surface area contributed by atoms with Crippen LogP contribution in [0.25, 0.3) is 0 Å². The summed E-state index contributed by atoms with van der Waals surface area (Å²) in [5, 5.41) is 3.59. The molecule has 0 radical (unpaired) electrons. The maximum absolute atomic E-state index is 5.51.